The Kier molecular flexibility index (Phi) is 8.02. The van der Waals surface area contributed by atoms with E-state index in [0.29, 0.717) is 18.8 Å². The number of ether oxygens (including phenoxy) is 2. The predicted octanol–water partition coefficient (Wildman–Crippen LogP) is 5.49. The SMILES string of the molecule is CCCC(CC)(C1=CC(C)=C2CC(=C1)C=C(C(=O)NCC(=O)O)O2)c1ccc(OCC)c(C)c1. The van der Waals surface area contributed by atoms with E-state index in [9.17, 15) is 9.59 Å². The monoisotopic (exact) mass is 465 g/mol. The normalized spacial score (nSPS) is 16.9. The lowest BCUT2D eigenvalue weighted by molar-refractivity contribution is -0.137. The van der Waals surface area contributed by atoms with Crippen LogP contribution >= 0.6 is 0 Å². The first-order chi connectivity index (χ1) is 16.2. The molecule has 2 aliphatic rings. The Morgan fingerprint density at radius 1 is 1.15 bits per heavy atom. The molecule has 0 spiro atoms. The van der Waals surface area contributed by atoms with E-state index in [0.717, 1.165) is 41.7 Å². The number of benzene rings is 1. The molecule has 3 rings (SSSR count). The van der Waals surface area contributed by atoms with Crippen molar-refractivity contribution < 1.29 is 24.2 Å². The van der Waals surface area contributed by atoms with Gasteiger partial charge in [-0.05, 0) is 73.6 Å². The average Bonchev–Trinajstić information content (AvgIpc) is 2.92. The van der Waals surface area contributed by atoms with E-state index in [1.807, 2.05) is 13.8 Å². The highest BCUT2D eigenvalue weighted by Crippen LogP contribution is 2.45. The molecule has 1 heterocycles. The zero-order valence-electron chi connectivity index (χ0n) is 20.8. The Morgan fingerprint density at radius 2 is 1.91 bits per heavy atom. The molecule has 1 atom stereocenters. The van der Waals surface area contributed by atoms with E-state index >= 15 is 0 Å². The van der Waals surface area contributed by atoms with Crippen LogP contribution in [0.25, 0.3) is 0 Å². The van der Waals surface area contributed by atoms with Crippen LogP contribution in [-0.4, -0.2) is 30.1 Å². The molecular weight excluding hydrogens is 430 g/mol. The van der Waals surface area contributed by atoms with E-state index in [4.69, 9.17) is 14.6 Å². The largest absolute Gasteiger partial charge is 0.494 e. The summed E-state index contributed by atoms with van der Waals surface area (Å²) >= 11 is 0. The van der Waals surface area contributed by atoms with Gasteiger partial charge in [0.25, 0.3) is 5.91 Å². The van der Waals surface area contributed by atoms with Crippen molar-refractivity contribution >= 4 is 11.9 Å². The van der Waals surface area contributed by atoms with Crippen molar-refractivity contribution in [2.75, 3.05) is 13.2 Å². The van der Waals surface area contributed by atoms with Crippen LogP contribution in [0.1, 0.15) is 64.5 Å². The third kappa shape index (κ3) is 5.27. The maximum atomic E-state index is 12.5. The molecular formula is C28H35NO5. The number of allylic oxidation sites excluding steroid dienone is 6. The van der Waals surface area contributed by atoms with Crippen molar-refractivity contribution in [3.05, 3.63) is 75.8 Å². The number of carbonyl (C=O) groups is 2. The number of aryl methyl sites for hydroxylation is 1. The molecule has 0 saturated carbocycles. The van der Waals surface area contributed by atoms with Crippen molar-refractivity contribution in [3.8, 4) is 5.75 Å². The number of carboxylic acids is 1. The second-order valence-corrected chi connectivity index (χ2v) is 8.89. The molecule has 1 amide bonds. The Hall–Kier alpha value is -3.28. The van der Waals surface area contributed by atoms with Crippen molar-refractivity contribution in [3.63, 3.8) is 0 Å². The van der Waals surface area contributed by atoms with Crippen molar-refractivity contribution in [1.29, 1.82) is 0 Å². The lowest BCUT2D eigenvalue weighted by Crippen LogP contribution is -2.31. The van der Waals surface area contributed by atoms with Crippen molar-refractivity contribution in [2.45, 2.75) is 65.7 Å². The van der Waals surface area contributed by atoms with Gasteiger partial charge in [0.15, 0.2) is 5.76 Å². The number of fused-ring (bicyclic) bond motifs is 2. The number of hydrogen-bond donors (Lipinski definition) is 2. The number of aliphatic carboxylic acids is 1. The molecule has 34 heavy (non-hydrogen) atoms. The summed E-state index contributed by atoms with van der Waals surface area (Å²) in [6.07, 6.45) is 9.59. The fourth-order valence-electron chi connectivity index (χ4n) is 4.83. The second-order valence-electron chi connectivity index (χ2n) is 8.89. The molecule has 0 saturated heterocycles. The lowest BCUT2D eigenvalue weighted by atomic mass is 9.68. The molecule has 1 aromatic rings. The predicted molar refractivity (Wildman–Crippen MR) is 133 cm³/mol. The van der Waals surface area contributed by atoms with Crippen molar-refractivity contribution in [1.82, 2.24) is 5.32 Å². The van der Waals surface area contributed by atoms with Crippen LogP contribution in [0.15, 0.2) is 64.7 Å². The highest BCUT2D eigenvalue weighted by molar-refractivity contribution is 5.94. The number of rotatable bonds is 10. The summed E-state index contributed by atoms with van der Waals surface area (Å²) in [5, 5.41) is 11.3. The van der Waals surface area contributed by atoms with Crippen LogP contribution in [0.2, 0.25) is 0 Å². The molecule has 6 nitrogen and oxygen atoms in total. The first-order valence-electron chi connectivity index (χ1n) is 12.0. The maximum absolute atomic E-state index is 12.5. The average molecular weight is 466 g/mol. The van der Waals surface area contributed by atoms with E-state index in [2.05, 4.69) is 56.4 Å². The third-order valence-electron chi connectivity index (χ3n) is 6.55. The molecule has 0 aromatic heterocycles. The van der Waals surface area contributed by atoms with Crippen LogP contribution < -0.4 is 10.1 Å². The van der Waals surface area contributed by atoms with Crippen molar-refractivity contribution in [2.24, 2.45) is 0 Å². The summed E-state index contributed by atoms with van der Waals surface area (Å²) in [6, 6.07) is 6.48. The molecule has 0 radical (unpaired) electrons. The van der Waals surface area contributed by atoms with Gasteiger partial charge in [0.1, 0.15) is 18.1 Å². The number of carboxylic acid groups (broad SMARTS) is 1. The fraction of sp³-hybridized carbons (Fsp3) is 0.429. The topological polar surface area (TPSA) is 84.9 Å². The minimum Gasteiger partial charge on any atom is -0.494 e. The fourth-order valence-corrected chi connectivity index (χ4v) is 4.83. The molecule has 2 bridgehead atoms. The molecule has 1 aromatic carbocycles. The number of carbonyl (C=O) groups excluding carboxylic acids is 1. The Balaban J connectivity index is 2.07. The minimum absolute atomic E-state index is 0.122. The van der Waals surface area contributed by atoms with Gasteiger partial charge >= 0.3 is 5.97 Å². The summed E-state index contributed by atoms with van der Waals surface area (Å²) in [6.45, 7) is 10.7. The first kappa shape index (κ1) is 25.3. The van der Waals surface area contributed by atoms with Crippen LogP contribution in [0, 0.1) is 6.92 Å². The quantitative estimate of drug-likeness (QED) is 0.477. The summed E-state index contributed by atoms with van der Waals surface area (Å²) in [4.78, 5) is 23.3. The van der Waals surface area contributed by atoms with E-state index in [-0.39, 0.29) is 11.2 Å². The summed E-state index contributed by atoms with van der Waals surface area (Å²) in [7, 11) is 0. The number of amides is 1. The zero-order chi connectivity index (χ0) is 24.9. The summed E-state index contributed by atoms with van der Waals surface area (Å²) < 4.78 is 11.7. The Bertz CT molecular complexity index is 1090. The van der Waals surface area contributed by atoms with Gasteiger partial charge in [0.05, 0.1) is 6.61 Å². The molecule has 0 fully saturated rings. The maximum Gasteiger partial charge on any atom is 0.322 e. The smallest absolute Gasteiger partial charge is 0.322 e. The van der Waals surface area contributed by atoms with Gasteiger partial charge < -0.3 is 19.9 Å². The van der Waals surface area contributed by atoms with Gasteiger partial charge in [0, 0.05) is 11.8 Å². The lowest BCUT2D eigenvalue weighted by Gasteiger charge is -2.36. The van der Waals surface area contributed by atoms with E-state index < -0.39 is 18.4 Å². The number of hydrogen-bond acceptors (Lipinski definition) is 4. The van der Waals surface area contributed by atoms with Gasteiger partial charge in [-0.15, -0.1) is 0 Å². The third-order valence-corrected chi connectivity index (χ3v) is 6.55. The van der Waals surface area contributed by atoms with Gasteiger partial charge in [-0.25, -0.2) is 0 Å². The van der Waals surface area contributed by atoms with E-state index in [1.54, 1.807) is 6.08 Å². The standard InChI is InChI=1S/C28H35NO5/c1-6-11-28(7-2,21-9-10-23(33-8-3)18(4)12-21)22-13-19(5)24-15-20(14-22)16-25(34-24)27(32)29-17-26(30)31/h9-10,12-14,16H,6-8,11,15,17H2,1-5H3,(H,29,32)(H,30,31). The second kappa shape index (κ2) is 10.8. The highest BCUT2D eigenvalue weighted by atomic mass is 16.5. The molecule has 1 unspecified atom stereocenters. The zero-order valence-corrected chi connectivity index (χ0v) is 20.8. The summed E-state index contributed by atoms with van der Waals surface area (Å²) in [5.41, 5.74) is 5.30. The van der Waals surface area contributed by atoms with E-state index in [1.165, 1.54) is 11.1 Å². The minimum atomic E-state index is -1.10. The Morgan fingerprint density at radius 3 is 2.53 bits per heavy atom. The molecule has 182 valence electrons. The highest BCUT2D eigenvalue weighted by Gasteiger charge is 2.35. The molecule has 2 N–H and O–H groups in total. The number of nitrogens with one attached hydrogen (secondary N) is 1. The molecule has 6 heteroatoms. The van der Waals surface area contributed by atoms with Crippen LogP contribution in [0.3, 0.4) is 0 Å². The molecule has 1 aliphatic carbocycles. The van der Waals surface area contributed by atoms with Crippen LogP contribution in [0.4, 0.5) is 0 Å². The van der Waals surface area contributed by atoms with Gasteiger partial charge in [-0.2, -0.15) is 0 Å². The van der Waals surface area contributed by atoms with Gasteiger partial charge in [-0.3, -0.25) is 9.59 Å². The Labute approximate surface area is 202 Å². The first-order valence-corrected chi connectivity index (χ1v) is 12.0. The van der Waals surface area contributed by atoms with Crippen LogP contribution in [0.5, 0.6) is 5.75 Å². The molecule has 1 aliphatic heterocycles. The van der Waals surface area contributed by atoms with Gasteiger partial charge in [-0.1, -0.05) is 44.6 Å². The summed E-state index contributed by atoms with van der Waals surface area (Å²) in [5.74, 6) is 0.118. The van der Waals surface area contributed by atoms with Gasteiger partial charge in [0.2, 0.25) is 0 Å². The van der Waals surface area contributed by atoms with Crippen LogP contribution in [-0.2, 0) is 19.7 Å².